The van der Waals surface area contributed by atoms with Crippen molar-refractivity contribution in [3.8, 4) is 11.5 Å². The number of benzene rings is 1. The minimum Gasteiger partial charge on any atom is -0.493 e. The Hall–Kier alpha value is -2.50. The van der Waals surface area contributed by atoms with Gasteiger partial charge in [0.25, 0.3) is 0 Å². The third-order valence-corrected chi connectivity index (χ3v) is 6.55. The van der Waals surface area contributed by atoms with Crippen LogP contribution in [0.25, 0.3) is 21.9 Å². The number of ether oxygens (including phenoxy) is 2. The summed E-state index contributed by atoms with van der Waals surface area (Å²) in [4.78, 5) is 15.4. The number of H-pyrrole nitrogens is 1. The fourth-order valence-electron chi connectivity index (χ4n) is 5.93. The Morgan fingerprint density at radius 1 is 1.07 bits per heavy atom. The molecule has 1 saturated carbocycles. The number of rotatable bonds is 3. The molecule has 6 heteroatoms. The molecule has 1 aromatic carbocycles. The fourth-order valence-corrected chi connectivity index (χ4v) is 5.93. The first-order valence-corrected chi connectivity index (χ1v) is 9.98. The van der Waals surface area contributed by atoms with Crippen LogP contribution >= 0.6 is 0 Å². The molecular formula is C22H28N4O2. The number of nitrogens with zero attached hydrogens (tertiary/aromatic N) is 3. The van der Waals surface area contributed by atoms with Gasteiger partial charge in [0.2, 0.25) is 0 Å². The summed E-state index contributed by atoms with van der Waals surface area (Å²) in [7, 11) is 3.32. The van der Waals surface area contributed by atoms with Gasteiger partial charge in [-0.25, -0.2) is 9.97 Å². The second kappa shape index (κ2) is 5.75. The van der Waals surface area contributed by atoms with E-state index >= 15 is 0 Å². The van der Waals surface area contributed by atoms with Crippen LogP contribution in [0.2, 0.25) is 0 Å². The van der Waals surface area contributed by atoms with Crippen LogP contribution < -0.4 is 14.4 Å². The molecule has 2 bridgehead atoms. The normalized spacial score (nSPS) is 26.2. The van der Waals surface area contributed by atoms with Crippen LogP contribution in [0.5, 0.6) is 11.5 Å². The Labute approximate surface area is 165 Å². The highest BCUT2D eigenvalue weighted by atomic mass is 16.5. The van der Waals surface area contributed by atoms with Crippen LogP contribution in [-0.2, 0) is 0 Å². The van der Waals surface area contributed by atoms with Crippen LogP contribution in [0.3, 0.4) is 0 Å². The van der Waals surface area contributed by atoms with Crippen molar-refractivity contribution < 1.29 is 9.47 Å². The lowest BCUT2D eigenvalue weighted by Gasteiger charge is -2.39. The molecule has 2 aliphatic rings. The Kier molecular flexibility index (Phi) is 3.61. The van der Waals surface area contributed by atoms with Crippen LogP contribution in [-0.4, -0.2) is 41.8 Å². The molecule has 1 saturated heterocycles. The smallest absolute Gasteiger partial charge is 0.162 e. The van der Waals surface area contributed by atoms with Gasteiger partial charge >= 0.3 is 0 Å². The van der Waals surface area contributed by atoms with Crippen molar-refractivity contribution in [2.45, 2.75) is 46.1 Å². The quantitative estimate of drug-likeness (QED) is 0.723. The topological polar surface area (TPSA) is 63.3 Å². The average molecular weight is 380 g/mol. The minimum absolute atomic E-state index is 0.349. The Balaban J connectivity index is 1.67. The van der Waals surface area contributed by atoms with Crippen molar-refractivity contribution in [3.63, 3.8) is 0 Å². The van der Waals surface area contributed by atoms with Crippen LogP contribution in [0, 0.1) is 10.8 Å². The van der Waals surface area contributed by atoms with Gasteiger partial charge in [-0.05, 0) is 36.2 Å². The summed E-state index contributed by atoms with van der Waals surface area (Å²) < 4.78 is 11.0. The van der Waals surface area contributed by atoms with E-state index in [0.29, 0.717) is 28.4 Å². The van der Waals surface area contributed by atoms with Crippen LogP contribution in [0.15, 0.2) is 18.5 Å². The molecule has 2 fully saturated rings. The van der Waals surface area contributed by atoms with Gasteiger partial charge in [-0.1, -0.05) is 20.8 Å². The van der Waals surface area contributed by atoms with Crippen molar-refractivity contribution in [3.05, 3.63) is 18.5 Å². The van der Waals surface area contributed by atoms with Gasteiger partial charge in [0.1, 0.15) is 17.4 Å². The monoisotopic (exact) mass is 380 g/mol. The second-order valence-electron chi connectivity index (χ2n) is 9.64. The predicted molar refractivity (Wildman–Crippen MR) is 111 cm³/mol. The van der Waals surface area contributed by atoms with Gasteiger partial charge < -0.3 is 19.4 Å². The lowest BCUT2D eigenvalue weighted by atomic mass is 9.65. The number of methoxy groups -OCH3 is 2. The molecule has 2 atom stereocenters. The third-order valence-electron chi connectivity index (χ3n) is 6.55. The molecule has 0 amide bonds. The fraction of sp³-hybridized carbons (Fsp3) is 0.545. The van der Waals surface area contributed by atoms with Gasteiger partial charge in [0.15, 0.2) is 17.3 Å². The SMILES string of the molecule is COc1cc2[nH]c3c(N4C[C@@]5(C)C[C@H]4CC(C)(C)C5)ncnc3c2cc1OC. The van der Waals surface area contributed by atoms with Crippen LogP contribution in [0.4, 0.5) is 5.82 Å². The number of fused-ring (bicyclic) bond motifs is 5. The highest BCUT2D eigenvalue weighted by Crippen LogP contribution is 2.53. The van der Waals surface area contributed by atoms with Crippen molar-refractivity contribution in [2.24, 2.45) is 10.8 Å². The molecule has 1 aliphatic heterocycles. The summed E-state index contributed by atoms with van der Waals surface area (Å²) >= 11 is 0. The van der Waals surface area contributed by atoms with E-state index in [0.717, 1.165) is 34.3 Å². The van der Waals surface area contributed by atoms with E-state index in [1.165, 1.54) is 19.3 Å². The van der Waals surface area contributed by atoms with E-state index in [-0.39, 0.29) is 0 Å². The molecule has 0 radical (unpaired) electrons. The van der Waals surface area contributed by atoms with Gasteiger partial charge in [0, 0.05) is 24.0 Å². The highest BCUT2D eigenvalue weighted by Gasteiger charge is 2.50. The zero-order valence-electron chi connectivity index (χ0n) is 17.3. The third kappa shape index (κ3) is 2.54. The summed E-state index contributed by atoms with van der Waals surface area (Å²) in [5.74, 6) is 2.44. The minimum atomic E-state index is 0.349. The van der Waals surface area contributed by atoms with Crippen molar-refractivity contribution in [1.29, 1.82) is 0 Å². The van der Waals surface area contributed by atoms with Gasteiger partial charge in [-0.3, -0.25) is 0 Å². The maximum Gasteiger partial charge on any atom is 0.162 e. The van der Waals surface area contributed by atoms with Gasteiger partial charge in [0.05, 0.1) is 19.7 Å². The van der Waals surface area contributed by atoms with Crippen molar-refractivity contribution in [2.75, 3.05) is 25.7 Å². The molecular weight excluding hydrogens is 352 g/mol. The zero-order valence-corrected chi connectivity index (χ0v) is 17.3. The van der Waals surface area contributed by atoms with E-state index in [4.69, 9.17) is 14.5 Å². The second-order valence-corrected chi connectivity index (χ2v) is 9.64. The maximum atomic E-state index is 5.49. The van der Waals surface area contributed by atoms with Crippen LogP contribution in [0.1, 0.15) is 40.0 Å². The molecule has 148 valence electrons. The van der Waals surface area contributed by atoms with E-state index < -0.39 is 0 Å². The molecule has 6 nitrogen and oxygen atoms in total. The molecule has 5 rings (SSSR count). The van der Waals surface area contributed by atoms with E-state index in [9.17, 15) is 0 Å². The number of anilines is 1. The molecule has 1 aliphatic carbocycles. The number of aromatic nitrogens is 3. The van der Waals surface area contributed by atoms with E-state index in [1.807, 2.05) is 12.1 Å². The first-order valence-electron chi connectivity index (χ1n) is 9.98. The number of nitrogens with one attached hydrogen (secondary N) is 1. The standard InChI is InChI=1S/C22H28N4O2/c1-21(2)8-13-9-22(3,10-21)11-26(13)20-19-18(23-12-24-20)14-6-16(27-4)17(28-5)7-15(14)25-19/h6-7,12-13,25H,8-11H2,1-5H3/t13-,22+/m1/s1. The lowest BCUT2D eigenvalue weighted by molar-refractivity contribution is 0.136. The van der Waals surface area contributed by atoms with Crippen molar-refractivity contribution in [1.82, 2.24) is 15.0 Å². The molecule has 3 aromatic rings. The predicted octanol–water partition coefficient (Wildman–Crippen LogP) is 4.53. The number of hydrogen-bond acceptors (Lipinski definition) is 5. The largest absolute Gasteiger partial charge is 0.493 e. The summed E-state index contributed by atoms with van der Waals surface area (Å²) in [6, 6.07) is 4.51. The van der Waals surface area contributed by atoms with Gasteiger partial charge in [-0.15, -0.1) is 0 Å². The molecule has 3 heterocycles. The summed E-state index contributed by atoms with van der Waals surface area (Å²) in [6.07, 6.45) is 5.40. The first kappa shape index (κ1) is 17.6. The molecule has 2 aromatic heterocycles. The zero-order chi connectivity index (χ0) is 19.7. The molecule has 0 spiro atoms. The maximum absolute atomic E-state index is 5.49. The first-order chi connectivity index (χ1) is 13.3. The summed E-state index contributed by atoms with van der Waals surface area (Å²) in [5, 5.41) is 1.03. The van der Waals surface area contributed by atoms with Crippen molar-refractivity contribution >= 4 is 27.8 Å². The molecule has 0 unspecified atom stereocenters. The van der Waals surface area contributed by atoms with Gasteiger partial charge in [-0.2, -0.15) is 0 Å². The number of aromatic amines is 1. The Morgan fingerprint density at radius 3 is 2.57 bits per heavy atom. The molecule has 1 N–H and O–H groups in total. The summed E-state index contributed by atoms with van der Waals surface area (Å²) in [5.41, 5.74) is 3.65. The number of hydrogen-bond donors (Lipinski definition) is 1. The molecule has 28 heavy (non-hydrogen) atoms. The highest BCUT2D eigenvalue weighted by molar-refractivity contribution is 6.09. The lowest BCUT2D eigenvalue weighted by Crippen LogP contribution is -2.35. The van der Waals surface area contributed by atoms with E-state index in [1.54, 1.807) is 20.5 Å². The Morgan fingerprint density at radius 2 is 1.82 bits per heavy atom. The average Bonchev–Trinajstić information content (AvgIpc) is 3.12. The summed E-state index contributed by atoms with van der Waals surface area (Å²) in [6.45, 7) is 8.28. The Bertz CT molecular complexity index is 1070. The van der Waals surface area contributed by atoms with E-state index in [2.05, 4.69) is 35.6 Å².